The summed E-state index contributed by atoms with van der Waals surface area (Å²) in [6.07, 6.45) is 2.05. The van der Waals surface area contributed by atoms with Crippen molar-refractivity contribution in [1.82, 2.24) is 10.2 Å². The number of nitrogens with one attached hydrogen (secondary N) is 2. The lowest BCUT2D eigenvalue weighted by atomic mass is 10.1. The van der Waals surface area contributed by atoms with E-state index in [1.54, 1.807) is 36.1 Å². The first-order chi connectivity index (χ1) is 12.4. The molecule has 2 amide bonds. The van der Waals surface area contributed by atoms with Gasteiger partial charge in [0, 0.05) is 36.5 Å². The van der Waals surface area contributed by atoms with Crippen LogP contribution >= 0.6 is 12.2 Å². The van der Waals surface area contributed by atoms with Gasteiger partial charge in [-0.25, -0.2) is 4.79 Å². The molecule has 0 aliphatic carbocycles. The van der Waals surface area contributed by atoms with E-state index in [1.807, 2.05) is 13.8 Å². The number of nitrogens with zero attached hydrogens (tertiary/aromatic N) is 1. The minimum absolute atomic E-state index is 0.0518. The van der Waals surface area contributed by atoms with Crippen molar-refractivity contribution in [2.24, 2.45) is 0 Å². The zero-order chi connectivity index (χ0) is 19.5. The second-order valence-electron chi connectivity index (χ2n) is 5.09. The molecule has 0 atom stereocenters. The summed E-state index contributed by atoms with van der Waals surface area (Å²) in [5.74, 6) is -1.25. The van der Waals surface area contributed by atoms with Gasteiger partial charge in [0.15, 0.2) is 5.11 Å². The lowest BCUT2D eigenvalue weighted by molar-refractivity contribution is -0.137. The van der Waals surface area contributed by atoms with E-state index in [0.717, 1.165) is 12.2 Å². The highest BCUT2D eigenvalue weighted by Gasteiger charge is 2.13. The zero-order valence-electron chi connectivity index (χ0n) is 15.1. The molecule has 0 saturated heterocycles. The van der Waals surface area contributed by atoms with E-state index in [0.29, 0.717) is 24.3 Å². The molecule has 0 aromatic heterocycles. The quantitative estimate of drug-likeness (QED) is 0.430. The number of rotatable bonds is 7. The molecule has 7 nitrogen and oxygen atoms in total. The fourth-order valence-electron chi connectivity index (χ4n) is 2.07. The van der Waals surface area contributed by atoms with E-state index < -0.39 is 11.9 Å². The molecule has 0 aliphatic rings. The molecule has 2 N–H and O–H groups in total. The summed E-state index contributed by atoms with van der Waals surface area (Å²) in [6.45, 7) is 6.97. The van der Waals surface area contributed by atoms with Gasteiger partial charge in [0.1, 0.15) is 0 Å². The van der Waals surface area contributed by atoms with Gasteiger partial charge in [0.2, 0.25) is 5.91 Å². The number of anilines is 1. The van der Waals surface area contributed by atoms with Gasteiger partial charge in [-0.05, 0) is 51.2 Å². The highest BCUT2D eigenvalue weighted by molar-refractivity contribution is 7.80. The first kappa shape index (κ1) is 21.3. The number of ether oxygens (including phenoxy) is 1. The van der Waals surface area contributed by atoms with Crippen LogP contribution < -0.4 is 10.6 Å². The maximum Gasteiger partial charge on any atom is 0.330 e. The molecule has 140 valence electrons. The van der Waals surface area contributed by atoms with Crippen LogP contribution in [0.3, 0.4) is 0 Å². The van der Waals surface area contributed by atoms with E-state index in [9.17, 15) is 14.4 Å². The van der Waals surface area contributed by atoms with Crippen molar-refractivity contribution in [3.8, 4) is 0 Å². The van der Waals surface area contributed by atoms with Crippen LogP contribution in [0.5, 0.6) is 0 Å². The van der Waals surface area contributed by atoms with Crippen LogP contribution in [0, 0.1) is 0 Å². The van der Waals surface area contributed by atoms with Gasteiger partial charge in [-0.1, -0.05) is 6.07 Å². The van der Waals surface area contributed by atoms with Gasteiger partial charge < -0.3 is 15.0 Å². The van der Waals surface area contributed by atoms with Crippen LogP contribution in [0.1, 0.15) is 31.1 Å². The average molecular weight is 377 g/mol. The van der Waals surface area contributed by atoms with Crippen LogP contribution in [0.2, 0.25) is 0 Å². The van der Waals surface area contributed by atoms with Crippen molar-refractivity contribution in [2.75, 3.05) is 25.0 Å². The molecule has 0 heterocycles. The Hall–Kier alpha value is -2.74. The van der Waals surface area contributed by atoms with Crippen molar-refractivity contribution >= 4 is 40.8 Å². The molecule has 0 unspecified atom stereocenters. The molecule has 0 radical (unpaired) electrons. The summed E-state index contributed by atoms with van der Waals surface area (Å²) >= 11 is 5.06. The first-order valence-electron chi connectivity index (χ1n) is 8.27. The molecule has 0 aliphatic heterocycles. The van der Waals surface area contributed by atoms with E-state index >= 15 is 0 Å². The molecular weight excluding hydrogens is 354 g/mol. The van der Waals surface area contributed by atoms with Crippen molar-refractivity contribution in [1.29, 1.82) is 0 Å². The standard InChI is InChI=1S/C18H23N3O4S/c1-4-21(5-2)17(24)13-8-7-9-14(12-13)19-18(26)20-15(22)10-11-16(23)25-6-3/h7-12H,4-6H2,1-3H3,(H2,19,20,22,26)/b11-10+. The summed E-state index contributed by atoms with van der Waals surface area (Å²) in [7, 11) is 0. The molecule has 1 aromatic carbocycles. The Kier molecular flexibility index (Phi) is 9.00. The van der Waals surface area contributed by atoms with Crippen LogP contribution in [0.15, 0.2) is 36.4 Å². The summed E-state index contributed by atoms with van der Waals surface area (Å²) in [5.41, 5.74) is 1.10. The summed E-state index contributed by atoms with van der Waals surface area (Å²) < 4.78 is 4.68. The fraction of sp³-hybridized carbons (Fsp3) is 0.333. The number of thiocarbonyl (C=S) groups is 1. The number of amides is 2. The normalized spacial score (nSPS) is 10.3. The predicted octanol–water partition coefficient (Wildman–Crippen LogP) is 2.10. The average Bonchev–Trinajstić information content (AvgIpc) is 2.61. The number of hydrogen-bond donors (Lipinski definition) is 2. The van der Waals surface area contributed by atoms with Crippen LogP contribution in [-0.2, 0) is 14.3 Å². The maximum absolute atomic E-state index is 12.4. The van der Waals surface area contributed by atoms with Crippen LogP contribution in [0.4, 0.5) is 5.69 Å². The molecule has 0 saturated carbocycles. The van der Waals surface area contributed by atoms with Crippen molar-refractivity contribution in [3.05, 3.63) is 42.0 Å². The molecule has 1 rings (SSSR count). The van der Waals surface area contributed by atoms with E-state index in [2.05, 4.69) is 15.4 Å². The molecule has 26 heavy (non-hydrogen) atoms. The van der Waals surface area contributed by atoms with E-state index in [4.69, 9.17) is 12.2 Å². The van der Waals surface area contributed by atoms with E-state index in [1.165, 1.54) is 0 Å². The third-order valence-electron chi connectivity index (χ3n) is 3.31. The lowest BCUT2D eigenvalue weighted by Gasteiger charge is -2.19. The lowest BCUT2D eigenvalue weighted by Crippen LogP contribution is -2.33. The molecule has 8 heteroatoms. The Morgan fingerprint density at radius 2 is 1.85 bits per heavy atom. The molecular formula is C18H23N3O4S. The molecule has 0 bridgehead atoms. The highest BCUT2D eigenvalue weighted by Crippen LogP contribution is 2.13. The number of benzene rings is 1. The minimum atomic E-state index is -0.607. The van der Waals surface area contributed by atoms with Crippen LogP contribution in [-0.4, -0.2) is 47.5 Å². The smallest absolute Gasteiger partial charge is 0.330 e. The fourth-order valence-corrected chi connectivity index (χ4v) is 2.29. The van der Waals surface area contributed by atoms with Gasteiger partial charge in [0.05, 0.1) is 6.61 Å². The minimum Gasteiger partial charge on any atom is -0.463 e. The molecule has 0 fully saturated rings. The van der Waals surface area contributed by atoms with Gasteiger partial charge in [-0.3, -0.25) is 14.9 Å². The third kappa shape index (κ3) is 7.02. The largest absolute Gasteiger partial charge is 0.463 e. The first-order valence-corrected chi connectivity index (χ1v) is 8.68. The van der Waals surface area contributed by atoms with Gasteiger partial charge >= 0.3 is 5.97 Å². The number of carbonyl (C=O) groups excluding carboxylic acids is 3. The number of hydrogen-bond acceptors (Lipinski definition) is 5. The second kappa shape index (κ2) is 11.0. The summed E-state index contributed by atoms with van der Waals surface area (Å²) in [6, 6.07) is 6.83. The maximum atomic E-state index is 12.4. The topological polar surface area (TPSA) is 87.7 Å². The third-order valence-corrected chi connectivity index (χ3v) is 3.52. The number of carbonyl (C=O) groups is 3. The Morgan fingerprint density at radius 3 is 2.46 bits per heavy atom. The van der Waals surface area contributed by atoms with E-state index in [-0.39, 0.29) is 17.6 Å². The summed E-state index contributed by atoms with van der Waals surface area (Å²) in [4.78, 5) is 36.9. The van der Waals surface area contributed by atoms with Crippen molar-refractivity contribution in [2.45, 2.75) is 20.8 Å². The van der Waals surface area contributed by atoms with Gasteiger partial charge in [-0.2, -0.15) is 0 Å². The van der Waals surface area contributed by atoms with Crippen molar-refractivity contribution in [3.63, 3.8) is 0 Å². The SMILES string of the molecule is CCOC(=O)/C=C/C(=O)NC(=S)Nc1cccc(C(=O)N(CC)CC)c1. The Morgan fingerprint density at radius 1 is 1.15 bits per heavy atom. The number of esters is 1. The highest BCUT2D eigenvalue weighted by atomic mass is 32.1. The van der Waals surface area contributed by atoms with Gasteiger partial charge in [0.25, 0.3) is 5.91 Å². The molecule has 0 spiro atoms. The van der Waals surface area contributed by atoms with Gasteiger partial charge in [-0.15, -0.1) is 0 Å². The second-order valence-corrected chi connectivity index (χ2v) is 5.50. The zero-order valence-corrected chi connectivity index (χ0v) is 15.9. The van der Waals surface area contributed by atoms with Crippen LogP contribution in [0.25, 0.3) is 0 Å². The Labute approximate surface area is 158 Å². The Balaban J connectivity index is 2.67. The molecule has 1 aromatic rings. The predicted molar refractivity (Wildman–Crippen MR) is 104 cm³/mol. The summed E-state index contributed by atoms with van der Waals surface area (Å²) in [5, 5.41) is 5.30. The van der Waals surface area contributed by atoms with Crippen molar-refractivity contribution < 1.29 is 19.1 Å². The monoisotopic (exact) mass is 377 g/mol. The Bertz CT molecular complexity index is 699.